The van der Waals surface area contributed by atoms with E-state index in [1.165, 1.54) is 70.3 Å². The highest BCUT2D eigenvalue weighted by Crippen LogP contribution is 2.36. The Morgan fingerprint density at radius 2 is 1.66 bits per heavy atom. The van der Waals surface area contributed by atoms with Crippen LogP contribution in [0.15, 0.2) is 50.8 Å². The molecule has 0 aliphatic heterocycles. The number of rotatable bonds is 13. The molecule has 4 rings (SSSR count). The quantitative estimate of drug-likeness (QED) is 0.118. The van der Waals surface area contributed by atoms with Gasteiger partial charge in [-0.15, -0.1) is 5.10 Å². The van der Waals surface area contributed by atoms with Gasteiger partial charge in [0.1, 0.15) is 11.8 Å². The molecule has 4 aromatic rings. The van der Waals surface area contributed by atoms with Gasteiger partial charge in [-0.05, 0) is 38.5 Å². The predicted octanol–water partition coefficient (Wildman–Crippen LogP) is 4.01. The molecule has 2 unspecified atom stereocenters. The van der Waals surface area contributed by atoms with E-state index in [0.29, 0.717) is 22.4 Å². The number of nitrogens with zero attached hydrogens (tertiary/aromatic N) is 6. The van der Waals surface area contributed by atoms with E-state index in [-0.39, 0.29) is 52.4 Å². The van der Waals surface area contributed by atoms with Crippen molar-refractivity contribution in [2.24, 2.45) is 5.73 Å². The highest BCUT2D eigenvalue weighted by Gasteiger charge is 2.28. The van der Waals surface area contributed by atoms with Crippen molar-refractivity contribution in [3.63, 3.8) is 0 Å². The Labute approximate surface area is 361 Å². The summed E-state index contributed by atoms with van der Waals surface area (Å²) in [5, 5.41) is 14.7. The van der Waals surface area contributed by atoms with Gasteiger partial charge >= 0.3 is 17.8 Å². The van der Waals surface area contributed by atoms with Gasteiger partial charge in [-0.25, -0.2) is 19.3 Å². The van der Waals surface area contributed by atoms with Crippen LogP contribution in [0.4, 0.5) is 10.7 Å². The van der Waals surface area contributed by atoms with Crippen molar-refractivity contribution < 1.29 is 56.0 Å². The summed E-state index contributed by atoms with van der Waals surface area (Å²) in [6.45, 7) is 10.6. The first kappa shape index (κ1) is 51.8. The lowest BCUT2D eigenvalue weighted by atomic mass is 9.97. The maximum atomic E-state index is 12.5. The molecule has 0 spiro atoms. The molecule has 0 aliphatic rings. The number of aliphatic carboxylic acids is 1. The van der Waals surface area contributed by atoms with E-state index in [1.54, 1.807) is 10.8 Å². The zero-order valence-electron chi connectivity index (χ0n) is 34.8. The Balaban J connectivity index is 0.000000345. The van der Waals surface area contributed by atoms with E-state index in [4.69, 9.17) is 57.6 Å². The van der Waals surface area contributed by atoms with Crippen LogP contribution in [-0.2, 0) is 24.8 Å². The number of carboxylic acids is 1. The molecule has 0 bridgehead atoms. The summed E-state index contributed by atoms with van der Waals surface area (Å²) < 4.78 is 59.3. The Bertz CT molecular complexity index is 2380. The Morgan fingerprint density at radius 3 is 2.13 bits per heavy atom. The molecular formula is C35H48Cl2N9O13PS. The summed E-state index contributed by atoms with van der Waals surface area (Å²) in [6.07, 6.45) is 1.13. The molecule has 0 saturated carbocycles. The van der Waals surface area contributed by atoms with Crippen molar-refractivity contribution in [1.82, 2.24) is 34.4 Å². The molecule has 2 atom stereocenters. The minimum atomic E-state index is -4.46. The number of hydrogen-bond acceptors (Lipinski definition) is 16. The highest BCUT2D eigenvalue weighted by atomic mass is 35.5. The van der Waals surface area contributed by atoms with E-state index >= 15 is 0 Å². The summed E-state index contributed by atoms with van der Waals surface area (Å²) in [5.74, 6) is -1.65. The van der Waals surface area contributed by atoms with Crippen LogP contribution in [0.3, 0.4) is 0 Å². The van der Waals surface area contributed by atoms with E-state index in [1.807, 2.05) is 34.6 Å². The first-order chi connectivity index (χ1) is 28.1. The number of benzene rings is 1. The van der Waals surface area contributed by atoms with Crippen molar-refractivity contribution >= 4 is 64.4 Å². The van der Waals surface area contributed by atoms with Crippen LogP contribution in [-0.4, -0.2) is 119 Å². The van der Waals surface area contributed by atoms with Crippen LogP contribution in [0, 0.1) is 0 Å². The van der Waals surface area contributed by atoms with Gasteiger partial charge in [-0.3, -0.25) is 19.5 Å². The van der Waals surface area contributed by atoms with Gasteiger partial charge in [0.15, 0.2) is 12.4 Å². The van der Waals surface area contributed by atoms with E-state index < -0.39 is 52.1 Å². The summed E-state index contributed by atoms with van der Waals surface area (Å²) in [4.78, 5) is 67.9. The smallest absolute Gasteiger partial charge is 0.442 e. The summed E-state index contributed by atoms with van der Waals surface area (Å²) in [6, 6.07) is 4.98. The van der Waals surface area contributed by atoms with Crippen LogP contribution in [0.25, 0.3) is 5.69 Å². The van der Waals surface area contributed by atoms with Crippen LogP contribution in [0.1, 0.15) is 57.3 Å². The number of carboxylic acid groups (broad SMARTS) is 1. The molecule has 0 saturated heterocycles. The number of ether oxygens (including phenoxy) is 3. The number of urea groups is 1. The van der Waals surface area contributed by atoms with E-state index in [2.05, 4.69) is 25.4 Å². The third kappa shape index (κ3) is 16.2. The third-order valence-electron chi connectivity index (χ3n) is 7.17. The number of hydrogen-bond donors (Lipinski definition) is 5. The van der Waals surface area contributed by atoms with Gasteiger partial charge in [0.2, 0.25) is 23.6 Å². The largest absolute Gasteiger partial charge is 0.489 e. The molecule has 0 radical (unpaired) electrons. The number of carbonyl (C=O) groups excluding carboxylic acids is 2. The van der Waals surface area contributed by atoms with Gasteiger partial charge < -0.3 is 39.3 Å². The lowest BCUT2D eigenvalue weighted by Gasteiger charge is -2.14. The average molecular weight is 937 g/mol. The second-order valence-electron chi connectivity index (χ2n) is 14.1. The number of halogens is 2. The molecule has 336 valence electrons. The number of amides is 3. The molecule has 22 nitrogen and oxygen atoms in total. The second-order valence-corrected chi connectivity index (χ2v) is 19.1. The first-order valence-electron chi connectivity index (χ1n) is 17.6. The number of methoxy groups -OCH3 is 2. The standard InChI is InChI=1S/C15H18Cl2N2O3.C15H18N6O6S.C5H12NO4P/c1-8(2)21-12-7-11(9(16)6-10(12)17)19-14(20)22-13(18-19)15(3,4)5;1-21(2)13(22)9-6-5-7-16-12(9)28(24,25)20-15(23)19-14-17-10(26-3)8-11(18-14)27-4;1-11(9,10)3-2-4(6)5(7)8/h6-8H,1-5H3;5-8H,1-4H3,(H2,17,18,19,20,23);4H,2-3,6H2,1H3,(H,7,8)(H,9,10). The van der Waals surface area contributed by atoms with Gasteiger partial charge in [0.05, 0.1) is 47.7 Å². The van der Waals surface area contributed by atoms with Gasteiger partial charge in [-0.2, -0.15) is 23.1 Å². The number of anilines is 1. The number of aromatic nitrogens is 5. The van der Waals surface area contributed by atoms with Crippen molar-refractivity contribution in [1.29, 1.82) is 0 Å². The topological polar surface area (TPSA) is 311 Å². The molecule has 0 aliphatic carbocycles. The zero-order valence-corrected chi connectivity index (χ0v) is 38.0. The third-order valence-corrected chi connectivity index (χ3v) is 10.1. The molecule has 61 heavy (non-hydrogen) atoms. The molecule has 3 heterocycles. The maximum absolute atomic E-state index is 12.5. The minimum absolute atomic E-state index is 0.0412. The van der Waals surface area contributed by atoms with Crippen molar-refractivity contribution in [2.45, 2.75) is 63.6 Å². The van der Waals surface area contributed by atoms with Gasteiger partial charge in [-0.1, -0.05) is 44.0 Å². The lowest BCUT2D eigenvalue weighted by molar-refractivity contribution is -0.138. The summed E-state index contributed by atoms with van der Waals surface area (Å²) in [7, 11) is -1.95. The molecule has 26 heteroatoms. The normalized spacial score (nSPS) is 12.6. The molecule has 3 aromatic heterocycles. The van der Waals surface area contributed by atoms with Crippen molar-refractivity contribution in [3.8, 4) is 23.2 Å². The SMILES string of the molecule is CC(C)Oc1cc(-n2nc(C(C)(C)C)oc2=O)c(Cl)cc1Cl.COc1cc(OC)nc(NC(=O)NS(=O)(=O)c2ncccc2C(=O)N(C)C)n1.CP(=O)(O)CCC(N)C(=O)O. The van der Waals surface area contributed by atoms with Crippen molar-refractivity contribution in [3.05, 3.63) is 68.6 Å². The van der Waals surface area contributed by atoms with Gasteiger partial charge in [0, 0.05) is 44.6 Å². The zero-order chi connectivity index (χ0) is 46.6. The Morgan fingerprint density at radius 1 is 1.07 bits per heavy atom. The monoisotopic (exact) mass is 935 g/mol. The number of sulfonamides is 1. The number of nitrogens with one attached hydrogen (secondary N) is 2. The molecule has 3 amide bonds. The number of carbonyl (C=O) groups is 3. The highest BCUT2D eigenvalue weighted by molar-refractivity contribution is 7.90. The van der Waals surface area contributed by atoms with Crippen LogP contribution in [0.5, 0.6) is 17.5 Å². The number of pyridine rings is 1. The molecule has 6 N–H and O–H groups in total. The fraction of sp³-hybridized carbons (Fsp3) is 0.429. The fourth-order valence-corrected chi connectivity index (χ4v) is 6.54. The molecule has 1 aromatic carbocycles. The van der Waals surface area contributed by atoms with Crippen LogP contribution in [0.2, 0.25) is 10.0 Å². The summed E-state index contributed by atoms with van der Waals surface area (Å²) >= 11 is 12.3. The maximum Gasteiger partial charge on any atom is 0.442 e. The lowest BCUT2D eigenvalue weighted by Crippen LogP contribution is -2.36. The average Bonchev–Trinajstić information content (AvgIpc) is 3.55. The van der Waals surface area contributed by atoms with Crippen LogP contribution >= 0.6 is 30.6 Å². The second kappa shape index (κ2) is 22.0. The summed E-state index contributed by atoms with van der Waals surface area (Å²) in [5.41, 5.74) is 4.88. The van der Waals surface area contributed by atoms with Crippen molar-refractivity contribution in [2.75, 3.05) is 46.5 Å². The predicted molar refractivity (Wildman–Crippen MR) is 224 cm³/mol. The molecule has 0 fully saturated rings. The number of nitrogens with two attached hydrogens (primary N) is 1. The Hall–Kier alpha value is -5.32. The van der Waals surface area contributed by atoms with E-state index in [9.17, 15) is 32.2 Å². The molecular weight excluding hydrogens is 888 g/mol. The van der Waals surface area contributed by atoms with Crippen LogP contribution < -0.4 is 35.7 Å². The minimum Gasteiger partial charge on any atom is -0.489 e. The Kier molecular flexibility index (Phi) is 18.7. The fourth-order valence-electron chi connectivity index (χ4n) is 4.24. The van der Waals surface area contributed by atoms with E-state index in [0.717, 1.165) is 4.68 Å². The van der Waals surface area contributed by atoms with Gasteiger partial charge in [0.25, 0.3) is 15.9 Å². The first-order valence-corrected chi connectivity index (χ1v) is 22.1.